The van der Waals surface area contributed by atoms with Gasteiger partial charge in [-0.15, -0.1) is 0 Å². The van der Waals surface area contributed by atoms with Gasteiger partial charge in [0.15, 0.2) is 21.3 Å². The summed E-state index contributed by atoms with van der Waals surface area (Å²) in [6.07, 6.45) is 1.15. The molecule has 0 aliphatic carbocycles. The first-order valence-corrected chi connectivity index (χ1v) is 10.2. The maximum atomic E-state index is 12.7. The molecule has 0 bridgehead atoms. The Bertz CT molecular complexity index is 1640. The second kappa shape index (κ2) is 8.75. The van der Waals surface area contributed by atoms with Gasteiger partial charge in [0, 0.05) is 0 Å². The van der Waals surface area contributed by atoms with Crippen LogP contribution < -0.4 is 32.4 Å². The second-order valence-electron chi connectivity index (χ2n) is 6.15. The molecule has 4 rings (SSSR count). The highest BCUT2D eigenvalue weighted by Gasteiger charge is 2.11. The summed E-state index contributed by atoms with van der Waals surface area (Å²) in [6, 6.07) is 6.09. The summed E-state index contributed by atoms with van der Waals surface area (Å²) in [5.74, 6) is 0.0280. The molecule has 0 amide bonds. The Balaban J connectivity index is 1.71. The van der Waals surface area contributed by atoms with Gasteiger partial charge < -0.3 is 0 Å². The highest BCUT2D eigenvalue weighted by molar-refractivity contribution is 7.11. The topological polar surface area (TPSA) is 158 Å². The Kier molecular flexibility index (Phi) is 5.87. The van der Waals surface area contributed by atoms with E-state index in [1.165, 1.54) is 6.07 Å². The first kappa shape index (κ1) is 21.4. The van der Waals surface area contributed by atoms with E-state index < -0.39 is 16.2 Å². The van der Waals surface area contributed by atoms with Crippen molar-refractivity contribution in [2.24, 2.45) is 10.2 Å². The van der Waals surface area contributed by atoms with E-state index in [2.05, 4.69) is 46.4 Å². The normalized spacial score (nSPS) is 12.2. The Morgan fingerprint density at radius 2 is 1.97 bits per heavy atom. The Morgan fingerprint density at radius 3 is 2.75 bits per heavy atom. The van der Waals surface area contributed by atoms with E-state index in [0.29, 0.717) is 27.3 Å². The number of pyridine rings is 1. The van der Waals surface area contributed by atoms with Crippen LogP contribution in [0.3, 0.4) is 0 Å². The standard InChI is InChI=1S/C18H9Cl2N9O2S/c1-7-8(5-21)4-10-13(24-7)18(32-29-10)28-25-9-2-3-11(30)14(15(9)31)26-27-17-12(19)16(20)22-6-23-17/h2-4,6,28H,1H3,(H,22,23,27). The van der Waals surface area contributed by atoms with Crippen LogP contribution in [-0.4, -0.2) is 19.3 Å². The molecule has 0 saturated carbocycles. The second-order valence-corrected chi connectivity index (χ2v) is 7.66. The smallest absolute Gasteiger partial charge is 0.237 e. The van der Waals surface area contributed by atoms with Crippen molar-refractivity contribution < 1.29 is 0 Å². The zero-order valence-corrected chi connectivity index (χ0v) is 18.2. The van der Waals surface area contributed by atoms with Crippen molar-refractivity contribution in [3.05, 3.63) is 77.1 Å². The molecular weight excluding hydrogens is 477 g/mol. The average Bonchev–Trinajstić information content (AvgIpc) is 3.16. The molecule has 14 heteroatoms. The monoisotopic (exact) mass is 485 g/mol. The van der Waals surface area contributed by atoms with Crippen LogP contribution in [0.1, 0.15) is 11.3 Å². The number of anilines is 2. The van der Waals surface area contributed by atoms with Gasteiger partial charge in [0.25, 0.3) is 0 Å². The van der Waals surface area contributed by atoms with Crippen LogP contribution in [-0.2, 0) is 0 Å². The van der Waals surface area contributed by atoms with Crippen LogP contribution in [0.5, 0.6) is 0 Å². The van der Waals surface area contributed by atoms with E-state index in [1.54, 1.807) is 13.0 Å². The van der Waals surface area contributed by atoms with Gasteiger partial charge in [0.1, 0.15) is 33.8 Å². The first-order chi connectivity index (χ1) is 15.4. The fourth-order valence-corrected chi connectivity index (χ4v) is 3.46. The van der Waals surface area contributed by atoms with Crippen molar-refractivity contribution in [3.8, 4) is 6.07 Å². The maximum absolute atomic E-state index is 12.7. The van der Waals surface area contributed by atoms with Gasteiger partial charge in [-0.3, -0.25) is 20.4 Å². The van der Waals surface area contributed by atoms with Gasteiger partial charge in [0.05, 0.1) is 11.3 Å². The molecule has 0 aliphatic rings. The van der Waals surface area contributed by atoms with E-state index >= 15 is 0 Å². The third-order valence-electron chi connectivity index (χ3n) is 4.14. The summed E-state index contributed by atoms with van der Waals surface area (Å²) in [7, 11) is 0. The average molecular weight is 486 g/mol. The summed E-state index contributed by atoms with van der Waals surface area (Å²) in [4.78, 5) is 36.7. The van der Waals surface area contributed by atoms with Crippen molar-refractivity contribution in [1.82, 2.24) is 19.3 Å². The SMILES string of the molecule is Cc1nc2c(NN=c3ccc(=O)c(=NNc4ncnc(Cl)c4Cl)c3=O)snc2cc1C#N. The molecule has 2 N–H and O–H groups in total. The molecule has 0 unspecified atom stereocenters. The lowest BCUT2D eigenvalue weighted by Crippen LogP contribution is -2.48. The van der Waals surface area contributed by atoms with Crippen LogP contribution in [0.4, 0.5) is 10.8 Å². The first-order valence-electron chi connectivity index (χ1n) is 8.66. The van der Waals surface area contributed by atoms with Gasteiger partial charge >= 0.3 is 0 Å². The predicted octanol–water partition coefficient (Wildman–Crippen LogP) is 1.42. The molecular formula is C18H9Cl2N9O2S. The van der Waals surface area contributed by atoms with Gasteiger partial charge in [-0.05, 0) is 36.7 Å². The van der Waals surface area contributed by atoms with Gasteiger partial charge in [0.2, 0.25) is 10.9 Å². The molecule has 0 spiro atoms. The lowest BCUT2D eigenvalue weighted by Gasteiger charge is -2.01. The largest absolute Gasteiger partial charge is 0.287 e. The number of benzene rings is 1. The van der Waals surface area contributed by atoms with Crippen molar-refractivity contribution in [3.63, 3.8) is 0 Å². The molecule has 0 saturated heterocycles. The van der Waals surface area contributed by atoms with Gasteiger partial charge in [-0.1, -0.05) is 23.2 Å². The number of hydrogen-bond acceptors (Lipinski definition) is 12. The minimum absolute atomic E-state index is 0.0141. The molecule has 3 aromatic heterocycles. The lowest BCUT2D eigenvalue weighted by molar-refractivity contribution is 1.08. The summed E-state index contributed by atoms with van der Waals surface area (Å²) in [5, 5.41) is 17.0. The Hall–Kier alpha value is -3.79. The number of fused-ring (bicyclic) bond motifs is 1. The molecule has 0 aliphatic heterocycles. The highest BCUT2D eigenvalue weighted by atomic mass is 35.5. The van der Waals surface area contributed by atoms with E-state index in [-0.39, 0.29) is 21.4 Å². The van der Waals surface area contributed by atoms with Crippen molar-refractivity contribution in [1.29, 1.82) is 5.26 Å². The van der Waals surface area contributed by atoms with Crippen LogP contribution in [0.25, 0.3) is 11.0 Å². The van der Waals surface area contributed by atoms with E-state index in [0.717, 1.165) is 23.9 Å². The molecule has 158 valence electrons. The van der Waals surface area contributed by atoms with Gasteiger partial charge in [-0.25, -0.2) is 15.0 Å². The predicted molar refractivity (Wildman–Crippen MR) is 119 cm³/mol. The number of aromatic nitrogens is 4. The van der Waals surface area contributed by atoms with Gasteiger partial charge in [-0.2, -0.15) is 19.8 Å². The van der Waals surface area contributed by atoms with Crippen molar-refractivity contribution in [2.45, 2.75) is 6.92 Å². The fourth-order valence-electron chi connectivity index (χ4n) is 2.54. The fraction of sp³-hybridized carbons (Fsp3) is 0.0556. The third-order valence-corrected chi connectivity index (χ3v) is 5.63. The molecule has 4 aromatic rings. The molecule has 1 aromatic carbocycles. The lowest BCUT2D eigenvalue weighted by atomic mass is 10.2. The van der Waals surface area contributed by atoms with E-state index in [1.807, 2.05) is 0 Å². The zero-order valence-electron chi connectivity index (χ0n) is 15.9. The Labute approximate surface area is 192 Å². The minimum atomic E-state index is -0.724. The molecule has 0 atom stereocenters. The maximum Gasteiger partial charge on any atom is 0.237 e. The van der Waals surface area contributed by atoms with Crippen molar-refractivity contribution in [2.75, 3.05) is 10.9 Å². The number of hydrogen-bond donors (Lipinski definition) is 2. The minimum Gasteiger partial charge on any atom is -0.287 e. The number of rotatable bonds is 4. The number of nitrogens with one attached hydrogen (secondary N) is 2. The Morgan fingerprint density at radius 1 is 1.16 bits per heavy atom. The van der Waals surface area contributed by atoms with Crippen LogP contribution in [0.2, 0.25) is 10.2 Å². The number of aryl methyl sites for hydroxylation is 1. The molecule has 0 fully saturated rings. The zero-order chi connectivity index (χ0) is 22.8. The van der Waals surface area contributed by atoms with Crippen LogP contribution in [0.15, 0.2) is 44.3 Å². The van der Waals surface area contributed by atoms with Crippen molar-refractivity contribution >= 4 is 56.6 Å². The van der Waals surface area contributed by atoms with Crippen LogP contribution in [0, 0.1) is 18.3 Å². The molecule has 11 nitrogen and oxygen atoms in total. The number of nitriles is 1. The van der Waals surface area contributed by atoms with Crippen LogP contribution >= 0.6 is 34.7 Å². The number of halogens is 2. The summed E-state index contributed by atoms with van der Waals surface area (Å²) in [6.45, 7) is 1.71. The highest BCUT2D eigenvalue weighted by Crippen LogP contribution is 2.27. The summed E-state index contributed by atoms with van der Waals surface area (Å²) in [5.41, 5.74) is 5.82. The summed E-state index contributed by atoms with van der Waals surface area (Å²) < 4.78 is 4.23. The number of nitrogens with zero attached hydrogens (tertiary/aromatic N) is 7. The summed E-state index contributed by atoms with van der Waals surface area (Å²) >= 11 is 12.8. The third kappa shape index (κ3) is 4.04. The molecule has 3 heterocycles. The molecule has 32 heavy (non-hydrogen) atoms. The van der Waals surface area contributed by atoms with E-state index in [4.69, 9.17) is 28.5 Å². The van der Waals surface area contributed by atoms with E-state index in [9.17, 15) is 9.59 Å². The quantitative estimate of drug-likeness (QED) is 0.321. The molecule has 0 radical (unpaired) electrons.